The molecule has 4 nitrogen and oxygen atoms in total. The minimum absolute atomic E-state index is 0.0325. The van der Waals surface area contributed by atoms with E-state index < -0.39 is 24.1 Å². The molecule has 0 bridgehead atoms. The van der Waals surface area contributed by atoms with Crippen molar-refractivity contribution in [2.24, 2.45) is 0 Å². The Morgan fingerprint density at radius 3 is 1.82 bits per heavy atom. The summed E-state index contributed by atoms with van der Waals surface area (Å²) in [5.74, 6) is -0.485. The summed E-state index contributed by atoms with van der Waals surface area (Å²) in [7, 11) is 0. The molecule has 0 aliphatic rings. The van der Waals surface area contributed by atoms with E-state index in [1.54, 1.807) is 18.2 Å². The molecule has 3 atom stereocenters. The van der Waals surface area contributed by atoms with Crippen LogP contribution < -0.4 is 0 Å². The zero-order valence-corrected chi connectivity index (χ0v) is 22.3. The monoisotopic (exact) mass is 546 g/mol. The van der Waals surface area contributed by atoms with Crippen LogP contribution in [0.5, 0.6) is 0 Å². The van der Waals surface area contributed by atoms with Crippen molar-refractivity contribution in [3.63, 3.8) is 0 Å². The van der Waals surface area contributed by atoms with Gasteiger partial charge in [0, 0.05) is 0 Å². The quantitative estimate of drug-likeness (QED) is 0.181. The van der Waals surface area contributed by atoms with Gasteiger partial charge in [-0.1, -0.05) is 121 Å². The molecular weight excluding hydrogens is 515 g/mol. The minimum Gasteiger partial charge on any atom is -0.388 e. The van der Waals surface area contributed by atoms with Crippen molar-refractivity contribution in [2.45, 2.75) is 38.1 Å². The molecule has 6 heteroatoms. The number of hydrogen-bond donors (Lipinski definition) is 1. The molecule has 0 aliphatic carbocycles. The molecule has 0 fully saturated rings. The Bertz CT molecular complexity index is 1290. The molecule has 4 aromatic rings. The molecular formula is C33H32ClFO4. The average molecular weight is 547 g/mol. The molecule has 1 N–H and O–H groups in total. The van der Waals surface area contributed by atoms with Gasteiger partial charge < -0.3 is 19.3 Å². The summed E-state index contributed by atoms with van der Waals surface area (Å²) in [6, 6.07) is 33.8. The Kier molecular flexibility index (Phi) is 11.3. The first-order chi connectivity index (χ1) is 19.1. The minimum atomic E-state index is -0.986. The topological polar surface area (TPSA) is 47.9 Å². The van der Waals surface area contributed by atoms with Gasteiger partial charge in [0.2, 0.25) is 0 Å². The molecule has 0 radical (unpaired) electrons. The Labute approximate surface area is 234 Å². The van der Waals surface area contributed by atoms with Gasteiger partial charge in [0.15, 0.2) is 0 Å². The Hall–Kier alpha value is -3.32. The van der Waals surface area contributed by atoms with Gasteiger partial charge in [-0.2, -0.15) is 0 Å². The van der Waals surface area contributed by atoms with Crippen LogP contribution in [-0.2, 0) is 34.0 Å². The Morgan fingerprint density at radius 2 is 1.26 bits per heavy atom. The van der Waals surface area contributed by atoms with Gasteiger partial charge in [-0.15, -0.1) is 0 Å². The normalized spacial score (nSPS) is 13.8. The highest BCUT2D eigenvalue weighted by atomic mass is 35.5. The summed E-state index contributed by atoms with van der Waals surface area (Å²) >= 11 is 5.99. The molecule has 0 heterocycles. The molecule has 202 valence electrons. The maximum Gasteiger partial charge on any atom is 0.141 e. The number of benzene rings is 4. The largest absolute Gasteiger partial charge is 0.388 e. The average Bonchev–Trinajstić information content (AvgIpc) is 2.97. The summed E-state index contributed by atoms with van der Waals surface area (Å²) in [6.45, 7) is 1.00. The van der Waals surface area contributed by atoms with Gasteiger partial charge in [0.25, 0.3) is 0 Å². The smallest absolute Gasteiger partial charge is 0.141 e. The SMILES string of the molecule is O[C@H](COCc1ccccc1)[C@@H](OCc1ccccc1)[C@@H](/C=C/c1ccc(F)c(Cl)c1)OCc1ccccc1. The van der Waals surface area contributed by atoms with Crippen LogP contribution in [0.3, 0.4) is 0 Å². The van der Waals surface area contributed by atoms with Crippen LogP contribution in [0.1, 0.15) is 22.3 Å². The van der Waals surface area contributed by atoms with Crippen LogP contribution in [0.2, 0.25) is 5.02 Å². The maximum atomic E-state index is 13.7. The van der Waals surface area contributed by atoms with E-state index >= 15 is 0 Å². The van der Waals surface area contributed by atoms with E-state index in [0.717, 1.165) is 16.7 Å². The van der Waals surface area contributed by atoms with Crippen molar-refractivity contribution < 1.29 is 23.7 Å². The number of hydrogen-bond acceptors (Lipinski definition) is 4. The Balaban J connectivity index is 1.54. The molecule has 0 amide bonds. The number of aliphatic hydroxyl groups is 1. The standard InChI is InChI=1S/C33H32ClFO4/c34-29-20-25(16-18-30(29)35)17-19-32(38-22-27-12-6-2-7-13-27)33(39-23-28-14-8-3-9-15-28)31(36)24-37-21-26-10-4-1-5-11-26/h1-20,31-33,36H,21-24H2/b19-17+/t31-,32-,33-/m1/s1. The van der Waals surface area contributed by atoms with Crippen molar-refractivity contribution in [3.8, 4) is 0 Å². The molecule has 4 aromatic carbocycles. The fraction of sp³-hybridized carbons (Fsp3) is 0.212. The van der Waals surface area contributed by atoms with Crippen molar-refractivity contribution >= 4 is 17.7 Å². The fourth-order valence-corrected chi connectivity index (χ4v) is 4.20. The lowest BCUT2D eigenvalue weighted by atomic mass is 10.1. The van der Waals surface area contributed by atoms with Crippen LogP contribution in [0.25, 0.3) is 6.08 Å². The number of halogens is 2. The number of ether oxygens (including phenoxy) is 3. The van der Waals surface area contributed by atoms with Gasteiger partial charge in [-0.25, -0.2) is 4.39 Å². The molecule has 0 aliphatic heterocycles. The van der Waals surface area contributed by atoms with Crippen LogP contribution in [0.4, 0.5) is 4.39 Å². The zero-order chi connectivity index (χ0) is 27.3. The molecule has 0 spiro atoms. The lowest BCUT2D eigenvalue weighted by Crippen LogP contribution is -2.42. The van der Waals surface area contributed by atoms with Gasteiger partial charge in [0.05, 0.1) is 31.5 Å². The number of rotatable bonds is 14. The van der Waals surface area contributed by atoms with Crippen molar-refractivity contribution in [1.82, 2.24) is 0 Å². The fourth-order valence-electron chi connectivity index (χ4n) is 4.01. The third-order valence-corrected chi connectivity index (χ3v) is 6.39. The summed E-state index contributed by atoms with van der Waals surface area (Å²) in [5.41, 5.74) is 3.66. The third-order valence-electron chi connectivity index (χ3n) is 6.10. The third kappa shape index (κ3) is 9.43. The highest BCUT2D eigenvalue weighted by Gasteiger charge is 2.29. The van der Waals surface area contributed by atoms with E-state index in [-0.39, 0.29) is 18.2 Å². The molecule has 0 saturated carbocycles. The van der Waals surface area contributed by atoms with Crippen molar-refractivity contribution in [1.29, 1.82) is 0 Å². The summed E-state index contributed by atoms with van der Waals surface area (Å²) < 4.78 is 32.1. The van der Waals surface area contributed by atoms with Gasteiger partial charge >= 0.3 is 0 Å². The van der Waals surface area contributed by atoms with Crippen molar-refractivity contribution in [2.75, 3.05) is 6.61 Å². The lowest BCUT2D eigenvalue weighted by Gasteiger charge is -2.29. The summed E-state index contributed by atoms with van der Waals surface area (Å²) in [6.07, 6.45) is 1.21. The molecule has 39 heavy (non-hydrogen) atoms. The van der Waals surface area contributed by atoms with Crippen LogP contribution >= 0.6 is 11.6 Å². The van der Waals surface area contributed by atoms with Gasteiger partial charge in [-0.3, -0.25) is 0 Å². The maximum absolute atomic E-state index is 13.7. The van der Waals surface area contributed by atoms with E-state index in [0.29, 0.717) is 18.8 Å². The summed E-state index contributed by atoms with van der Waals surface area (Å²) in [4.78, 5) is 0. The first-order valence-electron chi connectivity index (χ1n) is 12.8. The predicted molar refractivity (Wildman–Crippen MR) is 153 cm³/mol. The van der Waals surface area contributed by atoms with E-state index in [1.165, 1.54) is 6.07 Å². The molecule has 0 unspecified atom stereocenters. The molecule has 4 rings (SSSR count). The summed E-state index contributed by atoms with van der Waals surface area (Å²) in [5, 5.41) is 11.3. The van der Waals surface area contributed by atoms with Gasteiger partial charge in [0.1, 0.15) is 24.1 Å². The molecule has 0 aromatic heterocycles. The van der Waals surface area contributed by atoms with E-state index in [9.17, 15) is 9.50 Å². The van der Waals surface area contributed by atoms with E-state index in [4.69, 9.17) is 25.8 Å². The second kappa shape index (κ2) is 15.3. The first-order valence-corrected chi connectivity index (χ1v) is 13.2. The lowest BCUT2D eigenvalue weighted by molar-refractivity contribution is -0.133. The highest BCUT2D eigenvalue weighted by molar-refractivity contribution is 6.30. The zero-order valence-electron chi connectivity index (χ0n) is 21.5. The van der Waals surface area contributed by atoms with Crippen molar-refractivity contribution in [3.05, 3.63) is 148 Å². The Morgan fingerprint density at radius 1 is 0.718 bits per heavy atom. The highest BCUT2D eigenvalue weighted by Crippen LogP contribution is 2.21. The second-order valence-corrected chi connectivity index (χ2v) is 9.53. The number of aliphatic hydroxyl groups excluding tert-OH is 1. The predicted octanol–water partition coefficient (Wildman–Crippen LogP) is 7.24. The second-order valence-electron chi connectivity index (χ2n) is 9.12. The first kappa shape index (κ1) is 28.7. The van der Waals surface area contributed by atoms with Crippen LogP contribution in [0.15, 0.2) is 115 Å². The van der Waals surface area contributed by atoms with Gasteiger partial charge in [-0.05, 0) is 34.4 Å². The molecule has 0 saturated heterocycles. The van der Waals surface area contributed by atoms with Crippen LogP contribution in [-0.4, -0.2) is 30.0 Å². The van der Waals surface area contributed by atoms with E-state index in [2.05, 4.69) is 0 Å². The van der Waals surface area contributed by atoms with E-state index in [1.807, 2.05) is 97.1 Å². The van der Waals surface area contributed by atoms with Crippen LogP contribution in [0, 0.1) is 5.82 Å².